The Labute approximate surface area is 77.5 Å². The second-order valence-electron chi connectivity index (χ2n) is 2.40. The molecule has 1 aliphatic heterocycles. The molecule has 0 amide bonds. The monoisotopic (exact) mass is 177 g/mol. The summed E-state index contributed by atoms with van der Waals surface area (Å²) in [5.41, 5.74) is 1.04. The summed E-state index contributed by atoms with van der Waals surface area (Å²) in [6.45, 7) is 4.39. The minimum Gasteiger partial charge on any atom is -0.462 e. The highest BCUT2D eigenvalue weighted by Gasteiger charge is 2.18. The molecule has 0 saturated heterocycles. The number of carbonyl (C=O) groups is 1. The molecule has 1 aliphatic rings. The summed E-state index contributed by atoms with van der Waals surface area (Å²) in [5.74, 6) is 5.14. The van der Waals surface area contributed by atoms with Crippen molar-refractivity contribution < 1.29 is 9.53 Å². The van der Waals surface area contributed by atoms with Crippen molar-refractivity contribution in [3.05, 3.63) is 11.6 Å². The van der Waals surface area contributed by atoms with Gasteiger partial charge in [0.05, 0.1) is 18.7 Å². The predicted molar refractivity (Wildman–Crippen MR) is 50.5 cm³/mol. The van der Waals surface area contributed by atoms with E-state index in [4.69, 9.17) is 4.74 Å². The van der Waals surface area contributed by atoms with Gasteiger partial charge in [0, 0.05) is 0 Å². The topological polar surface area (TPSA) is 38.7 Å². The van der Waals surface area contributed by atoms with E-state index in [1.54, 1.807) is 19.9 Å². The zero-order valence-electron chi connectivity index (χ0n) is 7.76. The van der Waals surface area contributed by atoms with E-state index in [2.05, 4.69) is 16.8 Å². The molecule has 0 atom stereocenters. The summed E-state index contributed by atoms with van der Waals surface area (Å²) in [6, 6.07) is 0. The van der Waals surface area contributed by atoms with Crippen LogP contribution in [0.5, 0.6) is 0 Å². The lowest BCUT2D eigenvalue weighted by Crippen LogP contribution is -2.12. The maximum atomic E-state index is 11.3. The third kappa shape index (κ3) is 2.19. The first kappa shape index (κ1) is 9.53. The van der Waals surface area contributed by atoms with Crippen molar-refractivity contribution in [1.29, 1.82) is 0 Å². The Morgan fingerprint density at radius 1 is 1.77 bits per heavy atom. The molecule has 1 rings (SSSR count). The van der Waals surface area contributed by atoms with Crippen molar-refractivity contribution in [2.24, 2.45) is 4.99 Å². The Hall–Kier alpha value is -1.56. The SMILES string of the molecule is CC#CC1=NCC=C1C(=O)OCC. The lowest BCUT2D eigenvalue weighted by atomic mass is 10.2. The maximum absolute atomic E-state index is 11.3. The lowest BCUT2D eigenvalue weighted by molar-refractivity contribution is -0.137. The van der Waals surface area contributed by atoms with Gasteiger partial charge in [0.2, 0.25) is 0 Å². The van der Waals surface area contributed by atoms with Gasteiger partial charge in [-0.1, -0.05) is 5.92 Å². The minimum absolute atomic E-state index is 0.332. The van der Waals surface area contributed by atoms with Gasteiger partial charge in [-0.25, -0.2) is 4.79 Å². The Kier molecular flexibility index (Phi) is 3.27. The molecule has 0 unspecified atom stereocenters. The lowest BCUT2D eigenvalue weighted by Gasteiger charge is -2.00. The van der Waals surface area contributed by atoms with Crippen LogP contribution in [-0.4, -0.2) is 24.8 Å². The molecule has 13 heavy (non-hydrogen) atoms. The van der Waals surface area contributed by atoms with Crippen LogP contribution in [0.1, 0.15) is 13.8 Å². The molecular weight excluding hydrogens is 166 g/mol. The van der Waals surface area contributed by atoms with Crippen molar-refractivity contribution in [3.63, 3.8) is 0 Å². The van der Waals surface area contributed by atoms with E-state index in [1.165, 1.54) is 0 Å². The van der Waals surface area contributed by atoms with E-state index in [0.717, 1.165) is 0 Å². The highest BCUT2D eigenvalue weighted by molar-refractivity contribution is 6.27. The van der Waals surface area contributed by atoms with Gasteiger partial charge in [-0.05, 0) is 25.8 Å². The first-order chi connectivity index (χ1) is 6.29. The maximum Gasteiger partial charge on any atom is 0.340 e. The molecule has 0 aliphatic carbocycles. The Morgan fingerprint density at radius 2 is 2.54 bits per heavy atom. The Balaban J connectivity index is 2.75. The molecule has 0 fully saturated rings. The molecule has 0 aromatic heterocycles. The van der Waals surface area contributed by atoms with Crippen LogP contribution in [0.2, 0.25) is 0 Å². The van der Waals surface area contributed by atoms with E-state index in [-0.39, 0.29) is 5.97 Å². The Bertz CT molecular complexity index is 329. The first-order valence-corrected chi connectivity index (χ1v) is 4.14. The second-order valence-corrected chi connectivity index (χ2v) is 2.40. The van der Waals surface area contributed by atoms with Gasteiger partial charge in [0.25, 0.3) is 0 Å². The molecule has 0 aromatic rings. The van der Waals surface area contributed by atoms with E-state index in [9.17, 15) is 4.79 Å². The van der Waals surface area contributed by atoms with Crippen LogP contribution in [0, 0.1) is 11.8 Å². The molecule has 0 spiro atoms. The smallest absolute Gasteiger partial charge is 0.340 e. The van der Waals surface area contributed by atoms with Crippen LogP contribution in [-0.2, 0) is 9.53 Å². The predicted octanol–water partition coefficient (Wildman–Crippen LogP) is 0.954. The van der Waals surface area contributed by atoms with Crippen molar-refractivity contribution in [2.45, 2.75) is 13.8 Å². The van der Waals surface area contributed by atoms with Crippen molar-refractivity contribution in [2.75, 3.05) is 13.2 Å². The average Bonchev–Trinajstić information content (AvgIpc) is 2.54. The van der Waals surface area contributed by atoms with Gasteiger partial charge >= 0.3 is 5.97 Å². The highest BCUT2D eigenvalue weighted by atomic mass is 16.5. The van der Waals surface area contributed by atoms with Gasteiger partial charge in [-0.3, -0.25) is 4.99 Å². The quantitative estimate of drug-likeness (QED) is 0.465. The number of aliphatic imine (C=N–C) groups is 1. The van der Waals surface area contributed by atoms with Gasteiger partial charge < -0.3 is 4.74 Å². The van der Waals surface area contributed by atoms with Crippen LogP contribution in [0.3, 0.4) is 0 Å². The first-order valence-electron chi connectivity index (χ1n) is 4.14. The number of hydrogen-bond donors (Lipinski definition) is 0. The summed E-state index contributed by atoms with van der Waals surface area (Å²) in [7, 11) is 0. The molecule has 1 heterocycles. The highest BCUT2D eigenvalue weighted by Crippen LogP contribution is 2.08. The zero-order valence-corrected chi connectivity index (χ0v) is 7.76. The van der Waals surface area contributed by atoms with E-state index in [0.29, 0.717) is 24.4 Å². The van der Waals surface area contributed by atoms with Crippen LogP contribution in [0.25, 0.3) is 0 Å². The van der Waals surface area contributed by atoms with E-state index >= 15 is 0 Å². The number of rotatable bonds is 2. The van der Waals surface area contributed by atoms with E-state index in [1.807, 2.05) is 0 Å². The number of carbonyl (C=O) groups excluding carboxylic acids is 1. The summed E-state index contributed by atoms with van der Waals surface area (Å²) in [6.07, 6.45) is 1.73. The summed E-state index contributed by atoms with van der Waals surface area (Å²) < 4.78 is 4.85. The largest absolute Gasteiger partial charge is 0.462 e. The molecular formula is C10H11NO2. The molecule has 0 bridgehead atoms. The molecule has 0 N–H and O–H groups in total. The van der Waals surface area contributed by atoms with Gasteiger partial charge in [0.15, 0.2) is 0 Å². The van der Waals surface area contributed by atoms with Crippen LogP contribution < -0.4 is 0 Å². The number of hydrogen-bond acceptors (Lipinski definition) is 3. The normalized spacial score (nSPS) is 14.0. The molecule has 3 nitrogen and oxygen atoms in total. The standard InChI is InChI=1S/C10H11NO2/c1-3-5-9-8(6-7-11-9)10(12)13-4-2/h6H,4,7H2,1-2H3. The molecule has 0 aromatic carbocycles. The van der Waals surface area contributed by atoms with Crippen LogP contribution >= 0.6 is 0 Å². The molecule has 0 radical (unpaired) electrons. The minimum atomic E-state index is -0.332. The van der Waals surface area contributed by atoms with Gasteiger partial charge in [-0.2, -0.15) is 0 Å². The molecule has 68 valence electrons. The van der Waals surface area contributed by atoms with Crippen molar-refractivity contribution in [3.8, 4) is 11.8 Å². The second kappa shape index (κ2) is 4.46. The number of esters is 1. The van der Waals surface area contributed by atoms with Gasteiger partial charge in [-0.15, -0.1) is 0 Å². The van der Waals surface area contributed by atoms with Gasteiger partial charge in [0.1, 0.15) is 5.71 Å². The summed E-state index contributed by atoms with van der Waals surface area (Å²) >= 11 is 0. The van der Waals surface area contributed by atoms with Crippen molar-refractivity contribution in [1.82, 2.24) is 0 Å². The number of ether oxygens (including phenoxy) is 1. The third-order valence-electron chi connectivity index (χ3n) is 1.54. The van der Waals surface area contributed by atoms with Crippen LogP contribution in [0.15, 0.2) is 16.6 Å². The fourth-order valence-electron chi connectivity index (χ4n) is 1.02. The van der Waals surface area contributed by atoms with Crippen molar-refractivity contribution >= 4 is 11.7 Å². The number of nitrogens with zero attached hydrogens (tertiary/aromatic N) is 1. The summed E-state index contributed by atoms with van der Waals surface area (Å²) in [4.78, 5) is 15.4. The molecule has 0 saturated carbocycles. The fourth-order valence-corrected chi connectivity index (χ4v) is 1.02. The Morgan fingerprint density at radius 3 is 3.15 bits per heavy atom. The average molecular weight is 177 g/mol. The fraction of sp³-hybridized carbons (Fsp3) is 0.400. The van der Waals surface area contributed by atoms with E-state index < -0.39 is 0 Å². The third-order valence-corrected chi connectivity index (χ3v) is 1.54. The zero-order chi connectivity index (χ0) is 9.68. The van der Waals surface area contributed by atoms with Crippen LogP contribution in [0.4, 0.5) is 0 Å². The summed E-state index contributed by atoms with van der Waals surface area (Å²) in [5, 5.41) is 0. The molecule has 3 heteroatoms.